The summed E-state index contributed by atoms with van der Waals surface area (Å²) >= 11 is 0. The van der Waals surface area contributed by atoms with Crippen LogP contribution in [0.25, 0.3) is 0 Å². The SMILES string of the molecule is Nc1ccc[c-]1N.[Fe].[cH-]1[cH-][cH-][cH-][cH-]1. The molecule has 4 N–H and O–H groups in total. The second-order valence-corrected chi connectivity index (χ2v) is 2.40. The topological polar surface area (TPSA) is 52.0 Å². The first-order valence-corrected chi connectivity index (χ1v) is 3.74. The maximum absolute atomic E-state index is 5.31. The van der Waals surface area contributed by atoms with E-state index < -0.39 is 0 Å². The Bertz CT molecular complexity index is 265. The molecule has 0 fully saturated rings. The second kappa shape index (κ2) is 6.35. The molecular formula is C10H12FeN2-6. The fraction of sp³-hybridized carbons (Fsp3) is 0. The van der Waals surface area contributed by atoms with E-state index in [-0.39, 0.29) is 17.1 Å². The van der Waals surface area contributed by atoms with Crippen LogP contribution in [0.2, 0.25) is 0 Å². The summed E-state index contributed by atoms with van der Waals surface area (Å²) in [5.74, 6) is 0. The second-order valence-electron chi connectivity index (χ2n) is 2.40. The van der Waals surface area contributed by atoms with Crippen molar-refractivity contribution in [2.24, 2.45) is 0 Å². The number of hydrogen-bond acceptors (Lipinski definition) is 2. The van der Waals surface area contributed by atoms with Crippen LogP contribution in [0.4, 0.5) is 11.4 Å². The quantitative estimate of drug-likeness (QED) is 0.522. The van der Waals surface area contributed by atoms with Gasteiger partial charge in [0.1, 0.15) is 0 Å². The van der Waals surface area contributed by atoms with Gasteiger partial charge in [-0.05, 0) is 0 Å². The molecule has 0 aliphatic heterocycles. The van der Waals surface area contributed by atoms with Crippen molar-refractivity contribution in [2.75, 3.05) is 11.5 Å². The molecule has 0 aliphatic carbocycles. The number of anilines is 2. The Labute approximate surface area is 88.7 Å². The molecule has 2 rings (SSSR count). The van der Waals surface area contributed by atoms with Crippen LogP contribution in [-0.2, 0) is 17.1 Å². The predicted molar refractivity (Wildman–Crippen MR) is 52.9 cm³/mol. The number of rotatable bonds is 0. The summed E-state index contributed by atoms with van der Waals surface area (Å²) < 4.78 is 0. The molecule has 0 aliphatic rings. The Morgan fingerprint density at radius 3 is 1.69 bits per heavy atom. The largest absolute Gasteiger partial charge is 0.748 e. The number of nitrogen functional groups attached to an aromatic ring is 2. The maximum atomic E-state index is 5.31. The minimum Gasteiger partial charge on any atom is -0.748 e. The van der Waals surface area contributed by atoms with Crippen molar-refractivity contribution in [3.8, 4) is 0 Å². The van der Waals surface area contributed by atoms with Crippen LogP contribution in [0, 0.1) is 0 Å². The molecule has 0 heterocycles. The van der Waals surface area contributed by atoms with Crippen molar-refractivity contribution in [3.05, 3.63) is 48.5 Å². The van der Waals surface area contributed by atoms with Gasteiger partial charge in [0.05, 0.1) is 0 Å². The van der Waals surface area contributed by atoms with E-state index in [0.717, 1.165) is 0 Å². The van der Waals surface area contributed by atoms with Gasteiger partial charge in [0.2, 0.25) is 0 Å². The summed E-state index contributed by atoms with van der Waals surface area (Å²) in [6.07, 6.45) is 0. The average Bonchev–Trinajstić information content (AvgIpc) is 2.67. The van der Waals surface area contributed by atoms with Crippen molar-refractivity contribution in [1.29, 1.82) is 0 Å². The monoisotopic (exact) mass is 216 g/mol. The molecule has 2 aromatic carbocycles. The molecule has 0 atom stereocenters. The summed E-state index contributed by atoms with van der Waals surface area (Å²) in [4.78, 5) is 0. The van der Waals surface area contributed by atoms with Gasteiger partial charge in [0.15, 0.2) is 0 Å². The molecule has 0 aromatic heterocycles. The summed E-state index contributed by atoms with van der Waals surface area (Å²) in [6, 6.07) is 15.4. The molecule has 0 bridgehead atoms. The third-order valence-electron chi connectivity index (χ3n) is 1.44. The van der Waals surface area contributed by atoms with Gasteiger partial charge in [-0.25, -0.2) is 6.07 Å². The zero-order valence-electron chi connectivity index (χ0n) is 7.13. The molecule has 2 aromatic rings. The zero-order chi connectivity index (χ0) is 8.81. The van der Waals surface area contributed by atoms with E-state index in [4.69, 9.17) is 11.5 Å². The van der Waals surface area contributed by atoms with Crippen molar-refractivity contribution < 1.29 is 17.1 Å². The zero-order valence-corrected chi connectivity index (χ0v) is 8.23. The maximum Gasteiger partial charge on any atom is 0 e. The van der Waals surface area contributed by atoms with Gasteiger partial charge in [-0.2, -0.15) is 12.1 Å². The van der Waals surface area contributed by atoms with Gasteiger partial charge in [-0.1, -0.05) is 11.4 Å². The Balaban J connectivity index is 0.000000215. The minimum absolute atomic E-state index is 0. The van der Waals surface area contributed by atoms with Crippen molar-refractivity contribution in [2.45, 2.75) is 0 Å². The van der Waals surface area contributed by atoms with E-state index >= 15 is 0 Å². The molecule has 0 saturated heterocycles. The third-order valence-corrected chi connectivity index (χ3v) is 1.44. The molecule has 2 nitrogen and oxygen atoms in total. The molecular weight excluding hydrogens is 204 g/mol. The molecule has 13 heavy (non-hydrogen) atoms. The number of nitrogens with two attached hydrogens (primary N) is 2. The smallest absolute Gasteiger partial charge is 0 e. The summed E-state index contributed by atoms with van der Waals surface area (Å²) in [7, 11) is 0. The van der Waals surface area contributed by atoms with Gasteiger partial charge < -0.3 is 41.8 Å². The first-order chi connectivity index (χ1) is 5.80. The van der Waals surface area contributed by atoms with Crippen molar-refractivity contribution in [1.82, 2.24) is 0 Å². The molecule has 0 amide bonds. The van der Waals surface area contributed by atoms with Crippen LogP contribution in [0.15, 0.2) is 48.5 Å². The van der Waals surface area contributed by atoms with Gasteiger partial charge >= 0.3 is 0 Å². The summed E-state index contributed by atoms with van der Waals surface area (Å²) in [5, 5.41) is 0. The van der Waals surface area contributed by atoms with Crippen LogP contribution in [0.5, 0.6) is 0 Å². The van der Waals surface area contributed by atoms with Gasteiger partial charge in [0, 0.05) is 17.1 Å². The molecule has 76 valence electrons. The van der Waals surface area contributed by atoms with Crippen LogP contribution < -0.4 is 11.5 Å². The fourth-order valence-electron chi connectivity index (χ4n) is 0.769. The molecule has 3 heteroatoms. The Morgan fingerprint density at radius 1 is 1.08 bits per heavy atom. The van der Waals surface area contributed by atoms with E-state index in [9.17, 15) is 0 Å². The molecule has 0 spiro atoms. The van der Waals surface area contributed by atoms with Crippen molar-refractivity contribution >= 4 is 11.4 Å². The Kier molecular flexibility index (Phi) is 5.77. The summed E-state index contributed by atoms with van der Waals surface area (Å²) in [6.45, 7) is 0. The number of hydrogen-bond donors (Lipinski definition) is 2. The van der Waals surface area contributed by atoms with E-state index in [0.29, 0.717) is 11.4 Å². The fourth-order valence-corrected chi connectivity index (χ4v) is 0.769. The van der Waals surface area contributed by atoms with Crippen molar-refractivity contribution in [3.63, 3.8) is 0 Å². The van der Waals surface area contributed by atoms with Gasteiger partial charge in [0.25, 0.3) is 0 Å². The van der Waals surface area contributed by atoms with Crippen LogP contribution in [-0.4, -0.2) is 0 Å². The van der Waals surface area contributed by atoms with Crippen LogP contribution >= 0.6 is 0 Å². The van der Waals surface area contributed by atoms with E-state index in [1.165, 1.54) is 0 Å². The predicted octanol–water partition coefficient (Wildman–Crippen LogP) is 1.97. The minimum atomic E-state index is 0. The standard InChI is InChI=1S/C5H7N2.C5H5.Fe/c6-4-2-1-3-5(4)7;1-2-4-5-3-1;/h1-3H,6-7H2;1-5H;/q-1;-5;. The normalized spacial score (nSPS) is 8.00. The first kappa shape index (κ1) is 11.8. The van der Waals surface area contributed by atoms with E-state index in [1.54, 1.807) is 12.1 Å². The van der Waals surface area contributed by atoms with Gasteiger partial charge in [-0.15, -0.1) is 0 Å². The van der Waals surface area contributed by atoms with E-state index in [2.05, 4.69) is 0 Å². The summed E-state index contributed by atoms with van der Waals surface area (Å²) in [5.41, 5.74) is 12.0. The van der Waals surface area contributed by atoms with Gasteiger partial charge in [-0.3, -0.25) is 0 Å². The van der Waals surface area contributed by atoms with Crippen LogP contribution in [0.1, 0.15) is 0 Å². The average molecular weight is 216 g/mol. The Hall–Kier alpha value is -1.18. The van der Waals surface area contributed by atoms with E-state index in [1.807, 2.05) is 36.4 Å². The van der Waals surface area contributed by atoms with Crippen LogP contribution in [0.3, 0.4) is 0 Å². The molecule has 0 saturated carbocycles. The Morgan fingerprint density at radius 2 is 1.54 bits per heavy atom. The third kappa shape index (κ3) is 4.41. The molecule has 0 radical (unpaired) electrons. The molecule has 0 unspecified atom stereocenters. The first-order valence-electron chi connectivity index (χ1n) is 3.74.